The van der Waals surface area contributed by atoms with Crippen LogP contribution in [0.2, 0.25) is 0 Å². The highest BCUT2D eigenvalue weighted by molar-refractivity contribution is 5.90. The Kier molecular flexibility index (Phi) is 4.87. The highest BCUT2D eigenvalue weighted by atomic mass is 16.6. The lowest BCUT2D eigenvalue weighted by Gasteiger charge is -2.38. The van der Waals surface area contributed by atoms with Crippen LogP contribution >= 0.6 is 0 Å². The second kappa shape index (κ2) is 6.73. The molecule has 3 atom stereocenters. The van der Waals surface area contributed by atoms with Crippen molar-refractivity contribution in [2.24, 2.45) is 0 Å². The van der Waals surface area contributed by atoms with Gasteiger partial charge in [0.2, 0.25) is 5.91 Å². The summed E-state index contributed by atoms with van der Waals surface area (Å²) >= 11 is 0. The van der Waals surface area contributed by atoms with Crippen molar-refractivity contribution in [3.8, 4) is 5.75 Å². The van der Waals surface area contributed by atoms with Gasteiger partial charge in [-0.3, -0.25) is 9.69 Å². The molecule has 2 saturated heterocycles. The zero-order chi connectivity index (χ0) is 20.1. The summed E-state index contributed by atoms with van der Waals surface area (Å²) < 4.78 is 10.9. The Morgan fingerprint density at radius 1 is 1.22 bits per heavy atom. The number of hydrogen-bond donors (Lipinski definition) is 0. The molecule has 0 N–H and O–H groups in total. The van der Waals surface area contributed by atoms with E-state index in [1.54, 1.807) is 12.0 Å². The van der Waals surface area contributed by atoms with Crippen molar-refractivity contribution >= 4 is 12.0 Å². The maximum atomic E-state index is 13.0. The molecule has 0 radical (unpaired) electrons. The summed E-state index contributed by atoms with van der Waals surface area (Å²) in [6.07, 6.45) is 0.281. The van der Waals surface area contributed by atoms with Crippen LogP contribution in [0.3, 0.4) is 0 Å². The number of ether oxygens (including phenoxy) is 2. The molecule has 0 saturated carbocycles. The highest BCUT2D eigenvalue weighted by Crippen LogP contribution is 2.40. The summed E-state index contributed by atoms with van der Waals surface area (Å²) in [5.74, 6) is 0.867. The van der Waals surface area contributed by atoms with Crippen LogP contribution in [0.4, 0.5) is 4.79 Å². The van der Waals surface area contributed by atoms with Crippen molar-refractivity contribution in [1.82, 2.24) is 9.80 Å². The molecular formula is C21H30N2O4. The van der Waals surface area contributed by atoms with E-state index in [2.05, 4.69) is 13.8 Å². The normalized spacial score (nSPS) is 23.0. The number of carbonyl (C=O) groups is 2. The summed E-state index contributed by atoms with van der Waals surface area (Å²) in [6.45, 7) is 12.2. The van der Waals surface area contributed by atoms with Gasteiger partial charge < -0.3 is 14.4 Å². The minimum Gasteiger partial charge on any atom is -0.496 e. The first kappa shape index (κ1) is 19.5. The third-order valence-corrected chi connectivity index (χ3v) is 5.71. The molecule has 0 aliphatic carbocycles. The van der Waals surface area contributed by atoms with Gasteiger partial charge in [0.1, 0.15) is 17.4 Å². The van der Waals surface area contributed by atoms with Crippen LogP contribution in [0.5, 0.6) is 5.75 Å². The van der Waals surface area contributed by atoms with Gasteiger partial charge in [0.05, 0.1) is 19.2 Å². The van der Waals surface area contributed by atoms with Gasteiger partial charge in [-0.25, -0.2) is 4.79 Å². The fourth-order valence-electron chi connectivity index (χ4n) is 4.27. The number of likely N-dealkylation sites (tertiary alicyclic amines) is 2. The molecule has 2 amide bonds. The van der Waals surface area contributed by atoms with Gasteiger partial charge in [0.25, 0.3) is 0 Å². The van der Waals surface area contributed by atoms with Crippen LogP contribution < -0.4 is 4.74 Å². The molecule has 2 fully saturated rings. The van der Waals surface area contributed by atoms with Gasteiger partial charge in [0.15, 0.2) is 0 Å². The summed E-state index contributed by atoms with van der Waals surface area (Å²) in [4.78, 5) is 29.0. The van der Waals surface area contributed by atoms with Crippen LogP contribution in [0, 0.1) is 13.8 Å². The van der Waals surface area contributed by atoms with Crippen LogP contribution in [0.15, 0.2) is 12.1 Å². The smallest absolute Gasteiger partial charge is 0.411 e. The summed E-state index contributed by atoms with van der Waals surface area (Å²) in [6, 6.07) is 3.58. The monoisotopic (exact) mass is 374 g/mol. The minimum absolute atomic E-state index is 0.0116. The molecule has 2 aliphatic rings. The van der Waals surface area contributed by atoms with Crippen molar-refractivity contribution in [2.75, 3.05) is 13.7 Å². The first-order chi connectivity index (χ1) is 12.5. The van der Waals surface area contributed by atoms with Crippen molar-refractivity contribution in [3.05, 3.63) is 28.8 Å². The molecule has 0 unspecified atom stereocenters. The number of methoxy groups -OCH3 is 1. The predicted molar refractivity (Wildman–Crippen MR) is 103 cm³/mol. The number of carbonyl (C=O) groups excluding carboxylic acids is 2. The van der Waals surface area contributed by atoms with Crippen molar-refractivity contribution < 1.29 is 19.1 Å². The quantitative estimate of drug-likeness (QED) is 0.811. The molecule has 1 aromatic rings. The second-order valence-electron chi connectivity index (χ2n) is 8.57. The average molecular weight is 374 g/mol. The van der Waals surface area contributed by atoms with E-state index in [0.29, 0.717) is 13.0 Å². The van der Waals surface area contributed by atoms with Gasteiger partial charge >= 0.3 is 6.09 Å². The van der Waals surface area contributed by atoms with E-state index >= 15 is 0 Å². The molecule has 2 heterocycles. The molecule has 0 spiro atoms. The molecule has 27 heavy (non-hydrogen) atoms. The fourth-order valence-corrected chi connectivity index (χ4v) is 4.27. The molecule has 148 valence electrons. The summed E-state index contributed by atoms with van der Waals surface area (Å²) in [5, 5.41) is 0. The van der Waals surface area contributed by atoms with E-state index < -0.39 is 17.7 Å². The topological polar surface area (TPSA) is 59.1 Å². The molecule has 2 bridgehead atoms. The molecule has 6 heteroatoms. The lowest BCUT2D eigenvalue weighted by molar-refractivity contribution is -0.138. The maximum Gasteiger partial charge on any atom is 0.411 e. The second-order valence-corrected chi connectivity index (χ2v) is 8.57. The number of benzene rings is 1. The minimum atomic E-state index is -0.563. The zero-order valence-electron chi connectivity index (χ0n) is 17.3. The third kappa shape index (κ3) is 3.37. The van der Waals surface area contributed by atoms with E-state index in [1.165, 1.54) is 0 Å². The molecule has 1 aromatic carbocycles. The number of hydrogen-bond acceptors (Lipinski definition) is 4. The number of piperazine rings is 1. The van der Waals surface area contributed by atoms with Gasteiger partial charge in [-0.2, -0.15) is 0 Å². The van der Waals surface area contributed by atoms with Crippen LogP contribution in [0.25, 0.3) is 0 Å². The van der Waals surface area contributed by atoms with Crippen molar-refractivity contribution in [3.63, 3.8) is 0 Å². The Morgan fingerprint density at radius 2 is 1.89 bits per heavy atom. The Labute approximate surface area is 161 Å². The lowest BCUT2D eigenvalue weighted by atomic mass is 9.96. The molecular weight excluding hydrogens is 344 g/mol. The fraction of sp³-hybridized carbons (Fsp3) is 0.619. The van der Waals surface area contributed by atoms with Gasteiger partial charge in [-0.05, 0) is 70.7 Å². The standard InChI is InChI=1S/C21H30N2O4/c1-12-13(2)18(26-7)9-8-16(12)14(3)23-15-10-17(19(23)24)22(11-15)20(25)27-21(4,5)6/h8-9,14-15,17H,10-11H2,1-7H3/t14-,15+,17+/m0/s1. The van der Waals surface area contributed by atoms with Crippen LogP contribution in [-0.4, -0.2) is 53.1 Å². The summed E-state index contributed by atoms with van der Waals surface area (Å²) in [7, 11) is 1.67. The zero-order valence-corrected chi connectivity index (χ0v) is 17.3. The molecule has 0 aromatic heterocycles. The molecule has 2 aliphatic heterocycles. The Bertz CT molecular complexity index is 768. The largest absolute Gasteiger partial charge is 0.496 e. The number of nitrogens with zero attached hydrogens (tertiary/aromatic N) is 2. The first-order valence-electron chi connectivity index (χ1n) is 9.51. The third-order valence-electron chi connectivity index (χ3n) is 5.71. The number of amides is 2. The molecule has 3 rings (SSSR count). The van der Waals surface area contributed by atoms with Crippen LogP contribution in [-0.2, 0) is 9.53 Å². The predicted octanol–water partition coefficient (Wildman–Crippen LogP) is 3.59. The maximum absolute atomic E-state index is 13.0. The van der Waals surface area contributed by atoms with Gasteiger partial charge in [-0.15, -0.1) is 0 Å². The SMILES string of the molecule is COc1ccc([C@H](C)N2C(=O)[C@H]3C[C@@H]2CN3C(=O)OC(C)(C)C)c(C)c1C. The Hall–Kier alpha value is -2.24. The van der Waals surface area contributed by atoms with E-state index in [-0.39, 0.29) is 18.0 Å². The molecule has 6 nitrogen and oxygen atoms in total. The highest BCUT2D eigenvalue weighted by Gasteiger charge is 2.53. The van der Waals surface area contributed by atoms with E-state index in [0.717, 1.165) is 22.4 Å². The van der Waals surface area contributed by atoms with Crippen molar-refractivity contribution in [1.29, 1.82) is 0 Å². The Morgan fingerprint density at radius 3 is 2.44 bits per heavy atom. The van der Waals surface area contributed by atoms with Crippen molar-refractivity contribution in [2.45, 2.75) is 71.7 Å². The van der Waals surface area contributed by atoms with Crippen LogP contribution in [0.1, 0.15) is 56.8 Å². The number of rotatable bonds is 3. The van der Waals surface area contributed by atoms with E-state index in [9.17, 15) is 9.59 Å². The lowest BCUT2D eigenvalue weighted by Crippen LogP contribution is -2.53. The number of fused-ring (bicyclic) bond motifs is 2. The first-order valence-corrected chi connectivity index (χ1v) is 9.51. The van der Waals surface area contributed by atoms with Gasteiger partial charge in [0, 0.05) is 6.54 Å². The van der Waals surface area contributed by atoms with E-state index in [1.807, 2.05) is 44.7 Å². The Balaban J connectivity index is 1.79. The average Bonchev–Trinajstić information content (AvgIpc) is 3.13. The van der Waals surface area contributed by atoms with E-state index in [4.69, 9.17) is 9.47 Å². The summed E-state index contributed by atoms with van der Waals surface area (Å²) in [5.41, 5.74) is 2.79. The van der Waals surface area contributed by atoms with Gasteiger partial charge in [-0.1, -0.05) is 6.07 Å².